The summed E-state index contributed by atoms with van der Waals surface area (Å²) in [6, 6.07) is 8.14. The third-order valence-electron chi connectivity index (χ3n) is 3.85. The van der Waals surface area contributed by atoms with Crippen LogP contribution in [0.5, 0.6) is 5.75 Å². The zero-order valence-electron chi connectivity index (χ0n) is 11.8. The van der Waals surface area contributed by atoms with Crippen molar-refractivity contribution < 1.29 is 4.74 Å². The SMILES string of the molecule is COc1ccc2[nH]cc(-c3cc4cncnc4n3C)c2c1. The topological polar surface area (TPSA) is 55.7 Å². The second kappa shape index (κ2) is 4.34. The van der Waals surface area contributed by atoms with Crippen LogP contribution in [0.3, 0.4) is 0 Å². The molecule has 0 aliphatic heterocycles. The van der Waals surface area contributed by atoms with E-state index in [9.17, 15) is 0 Å². The molecular formula is C16H14N4O. The lowest BCUT2D eigenvalue weighted by molar-refractivity contribution is 0.415. The van der Waals surface area contributed by atoms with Crippen LogP contribution < -0.4 is 4.74 Å². The highest BCUT2D eigenvalue weighted by Gasteiger charge is 2.13. The molecule has 3 aromatic heterocycles. The van der Waals surface area contributed by atoms with E-state index in [4.69, 9.17) is 4.74 Å². The molecule has 5 nitrogen and oxygen atoms in total. The number of fused-ring (bicyclic) bond motifs is 2. The summed E-state index contributed by atoms with van der Waals surface area (Å²) in [5.41, 5.74) is 4.24. The molecule has 0 saturated heterocycles. The lowest BCUT2D eigenvalue weighted by Crippen LogP contribution is -1.92. The first kappa shape index (κ1) is 12.0. The highest BCUT2D eigenvalue weighted by atomic mass is 16.5. The molecule has 0 aliphatic rings. The predicted molar refractivity (Wildman–Crippen MR) is 82.4 cm³/mol. The Hall–Kier alpha value is -2.82. The average Bonchev–Trinajstić information content (AvgIpc) is 3.08. The second-order valence-corrected chi connectivity index (χ2v) is 5.00. The fourth-order valence-electron chi connectivity index (χ4n) is 2.77. The Morgan fingerprint density at radius 1 is 1.24 bits per heavy atom. The molecule has 0 atom stereocenters. The predicted octanol–water partition coefficient (Wildman–Crippen LogP) is 3.13. The van der Waals surface area contributed by atoms with E-state index in [2.05, 4.69) is 25.6 Å². The smallest absolute Gasteiger partial charge is 0.143 e. The Bertz CT molecular complexity index is 951. The van der Waals surface area contributed by atoms with Crippen LogP contribution in [0, 0.1) is 0 Å². The number of nitrogens with zero attached hydrogens (tertiary/aromatic N) is 3. The van der Waals surface area contributed by atoms with Gasteiger partial charge in [-0.2, -0.15) is 0 Å². The lowest BCUT2D eigenvalue weighted by atomic mass is 10.1. The van der Waals surface area contributed by atoms with E-state index in [1.165, 1.54) is 0 Å². The third-order valence-corrected chi connectivity index (χ3v) is 3.85. The highest BCUT2D eigenvalue weighted by Crippen LogP contribution is 2.33. The molecule has 4 aromatic rings. The van der Waals surface area contributed by atoms with Gasteiger partial charge in [0.2, 0.25) is 0 Å². The Morgan fingerprint density at radius 3 is 2.95 bits per heavy atom. The van der Waals surface area contributed by atoms with Gasteiger partial charge < -0.3 is 14.3 Å². The quantitative estimate of drug-likeness (QED) is 0.613. The molecule has 4 rings (SSSR count). The normalized spacial score (nSPS) is 11.3. The monoisotopic (exact) mass is 278 g/mol. The van der Waals surface area contributed by atoms with E-state index in [1.807, 2.05) is 37.6 Å². The molecule has 1 N–H and O–H groups in total. The fraction of sp³-hybridized carbons (Fsp3) is 0.125. The van der Waals surface area contributed by atoms with Crippen molar-refractivity contribution in [3.63, 3.8) is 0 Å². The van der Waals surface area contributed by atoms with Crippen LogP contribution in [0.15, 0.2) is 43.0 Å². The third kappa shape index (κ3) is 1.71. The van der Waals surface area contributed by atoms with Crippen molar-refractivity contribution in [2.75, 3.05) is 7.11 Å². The summed E-state index contributed by atoms with van der Waals surface area (Å²) < 4.78 is 7.41. The summed E-state index contributed by atoms with van der Waals surface area (Å²) in [5, 5.41) is 2.17. The van der Waals surface area contributed by atoms with Crippen molar-refractivity contribution in [3.05, 3.63) is 43.0 Å². The molecule has 0 saturated carbocycles. The maximum absolute atomic E-state index is 5.33. The second-order valence-electron chi connectivity index (χ2n) is 5.00. The lowest BCUT2D eigenvalue weighted by Gasteiger charge is -2.04. The first-order chi connectivity index (χ1) is 10.3. The molecule has 0 spiro atoms. The number of ether oxygens (including phenoxy) is 1. The number of nitrogens with one attached hydrogen (secondary N) is 1. The minimum atomic E-state index is 0.849. The number of rotatable bonds is 2. The highest BCUT2D eigenvalue weighted by molar-refractivity contribution is 5.98. The Balaban J connectivity index is 2.01. The first-order valence-electron chi connectivity index (χ1n) is 6.69. The minimum Gasteiger partial charge on any atom is -0.497 e. The van der Waals surface area contributed by atoms with E-state index in [0.29, 0.717) is 0 Å². The standard InChI is InChI=1S/C16H14N4O/c1-20-15(5-10-7-17-9-19-16(10)20)13-8-18-14-4-3-11(21-2)6-12(13)14/h3-9,18H,1-2H3. The number of benzene rings is 1. The van der Waals surface area contributed by atoms with Gasteiger partial charge in [0, 0.05) is 41.3 Å². The number of hydrogen-bond donors (Lipinski definition) is 1. The van der Waals surface area contributed by atoms with E-state index in [-0.39, 0.29) is 0 Å². The Kier molecular flexibility index (Phi) is 2.47. The molecule has 104 valence electrons. The van der Waals surface area contributed by atoms with E-state index in [1.54, 1.807) is 13.4 Å². The molecule has 3 heterocycles. The van der Waals surface area contributed by atoms with Gasteiger partial charge in [-0.25, -0.2) is 9.97 Å². The van der Waals surface area contributed by atoms with Crippen molar-refractivity contribution >= 4 is 21.9 Å². The maximum atomic E-state index is 5.33. The number of aromatic amines is 1. The molecule has 0 bridgehead atoms. The van der Waals surface area contributed by atoms with Crippen molar-refractivity contribution in [2.45, 2.75) is 0 Å². The van der Waals surface area contributed by atoms with Crippen molar-refractivity contribution in [1.82, 2.24) is 19.5 Å². The minimum absolute atomic E-state index is 0.849. The molecule has 0 unspecified atom stereocenters. The van der Waals surface area contributed by atoms with Gasteiger partial charge in [0.15, 0.2) is 0 Å². The first-order valence-corrected chi connectivity index (χ1v) is 6.69. The largest absolute Gasteiger partial charge is 0.497 e. The van der Waals surface area contributed by atoms with Gasteiger partial charge in [-0.15, -0.1) is 0 Å². The van der Waals surface area contributed by atoms with Crippen molar-refractivity contribution in [1.29, 1.82) is 0 Å². The van der Waals surface area contributed by atoms with Crippen LogP contribution in [0.4, 0.5) is 0 Å². The summed E-state index contributed by atoms with van der Waals surface area (Å²) in [7, 11) is 3.70. The van der Waals surface area contributed by atoms with Gasteiger partial charge in [-0.05, 0) is 24.3 Å². The molecule has 5 heteroatoms. The van der Waals surface area contributed by atoms with Gasteiger partial charge in [0.25, 0.3) is 0 Å². The van der Waals surface area contributed by atoms with Gasteiger partial charge in [0.1, 0.15) is 17.7 Å². The molecule has 21 heavy (non-hydrogen) atoms. The average molecular weight is 278 g/mol. The Labute approximate surface area is 121 Å². The van der Waals surface area contributed by atoms with Gasteiger partial charge in [-0.3, -0.25) is 0 Å². The van der Waals surface area contributed by atoms with E-state index in [0.717, 1.165) is 38.9 Å². The summed E-state index contributed by atoms with van der Waals surface area (Å²) in [6.07, 6.45) is 5.43. The number of aromatic nitrogens is 4. The van der Waals surface area contributed by atoms with Gasteiger partial charge in [0.05, 0.1) is 12.8 Å². The molecule has 1 aromatic carbocycles. The van der Waals surface area contributed by atoms with Crippen LogP contribution >= 0.6 is 0 Å². The number of aryl methyl sites for hydroxylation is 1. The maximum Gasteiger partial charge on any atom is 0.143 e. The van der Waals surface area contributed by atoms with Crippen LogP contribution in [0.25, 0.3) is 33.2 Å². The summed E-state index contributed by atoms with van der Waals surface area (Å²) >= 11 is 0. The molecule has 0 radical (unpaired) electrons. The van der Waals surface area contributed by atoms with E-state index < -0.39 is 0 Å². The molecule has 0 fully saturated rings. The number of H-pyrrole nitrogens is 1. The van der Waals surface area contributed by atoms with E-state index >= 15 is 0 Å². The van der Waals surface area contributed by atoms with Crippen molar-refractivity contribution in [2.24, 2.45) is 7.05 Å². The summed E-state index contributed by atoms with van der Waals surface area (Å²) in [4.78, 5) is 11.7. The van der Waals surface area contributed by atoms with Crippen molar-refractivity contribution in [3.8, 4) is 17.0 Å². The molecule has 0 aliphatic carbocycles. The molecule has 0 amide bonds. The van der Waals surface area contributed by atoms with Gasteiger partial charge >= 0.3 is 0 Å². The Morgan fingerprint density at radius 2 is 2.14 bits per heavy atom. The van der Waals surface area contributed by atoms with Crippen LogP contribution in [-0.2, 0) is 7.05 Å². The van der Waals surface area contributed by atoms with Crippen LogP contribution in [-0.4, -0.2) is 26.6 Å². The summed E-state index contributed by atoms with van der Waals surface area (Å²) in [5.74, 6) is 0.849. The number of methoxy groups -OCH3 is 1. The van der Waals surface area contributed by atoms with Gasteiger partial charge in [-0.1, -0.05) is 0 Å². The fourth-order valence-corrected chi connectivity index (χ4v) is 2.77. The zero-order valence-corrected chi connectivity index (χ0v) is 11.8. The summed E-state index contributed by atoms with van der Waals surface area (Å²) in [6.45, 7) is 0. The van der Waals surface area contributed by atoms with Crippen LogP contribution in [0.2, 0.25) is 0 Å². The molecular weight excluding hydrogens is 264 g/mol. The zero-order chi connectivity index (χ0) is 14.4. The van der Waals surface area contributed by atoms with Crippen LogP contribution in [0.1, 0.15) is 0 Å². The number of hydrogen-bond acceptors (Lipinski definition) is 3.